The molecule has 0 radical (unpaired) electrons. The van der Waals surface area contributed by atoms with Gasteiger partial charge >= 0.3 is 0 Å². The molecule has 0 aliphatic carbocycles. The van der Waals surface area contributed by atoms with Crippen LogP contribution in [0.5, 0.6) is 0 Å². The molecular formula is C16H17N3O. The van der Waals surface area contributed by atoms with Gasteiger partial charge in [0, 0.05) is 12.2 Å². The highest BCUT2D eigenvalue weighted by atomic mass is 16.3. The number of aliphatic hydroxyl groups excluding tert-OH is 1. The lowest BCUT2D eigenvalue weighted by molar-refractivity contribution is 0.281. The standard InChI is InChI=1S/C16H17N3O/c1-11-6-12(2)19-16(15(11)8-17)18-9-13-4-3-5-14(7-13)10-20/h3-7,20H,9-10H2,1-2H3,(H,18,19). The van der Waals surface area contributed by atoms with E-state index in [1.807, 2.05) is 44.2 Å². The highest BCUT2D eigenvalue weighted by Crippen LogP contribution is 2.18. The lowest BCUT2D eigenvalue weighted by atomic mass is 10.1. The van der Waals surface area contributed by atoms with Gasteiger partial charge in [-0.05, 0) is 36.6 Å². The van der Waals surface area contributed by atoms with Crippen molar-refractivity contribution in [2.75, 3.05) is 5.32 Å². The van der Waals surface area contributed by atoms with E-state index in [0.29, 0.717) is 17.9 Å². The van der Waals surface area contributed by atoms with Crippen molar-refractivity contribution in [2.45, 2.75) is 27.0 Å². The lowest BCUT2D eigenvalue weighted by Gasteiger charge is -2.11. The molecule has 0 saturated heterocycles. The molecule has 102 valence electrons. The van der Waals surface area contributed by atoms with E-state index in [0.717, 1.165) is 22.4 Å². The summed E-state index contributed by atoms with van der Waals surface area (Å²) in [5.41, 5.74) is 4.30. The van der Waals surface area contributed by atoms with Gasteiger partial charge in [0.2, 0.25) is 0 Å². The molecule has 0 fully saturated rings. The van der Waals surface area contributed by atoms with Crippen molar-refractivity contribution in [3.63, 3.8) is 0 Å². The first-order chi connectivity index (χ1) is 9.63. The molecule has 0 spiro atoms. The number of aryl methyl sites for hydroxylation is 2. The highest BCUT2D eigenvalue weighted by molar-refractivity contribution is 5.56. The number of nitrogens with one attached hydrogen (secondary N) is 1. The van der Waals surface area contributed by atoms with Crippen molar-refractivity contribution in [3.8, 4) is 6.07 Å². The molecule has 0 atom stereocenters. The van der Waals surface area contributed by atoms with E-state index in [-0.39, 0.29) is 6.61 Å². The molecule has 4 heteroatoms. The van der Waals surface area contributed by atoms with Crippen LogP contribution in [0, 0.1) is 25.2 Å². The lowest BCUT2D eigenvalue weighted by Crippen LogP contribution is -2.06. The number of hydrogen-bond acceptors (Lipinski definition) is 4. The Kier molecular flexibility index (Phi) is 4.34. The van der Waals surface area contributed by atoms with E-state index in [2.05, 4.69) is 16.4 Å². The van der Waals surface area contributed by atoms with Crippen molar-refractivity contribution in [1.82, 2.24) is 4.98 Å². The molecule has 20 heavy (non-hydrogen) atoms. The summed E-state index contributed by atoms with van der Waals surface area (Å²) < 4.78 is 0. The average Bonchev–Trinajstić information content (AvgIpc) is 2.45. The molecule has 2 N–H and O–H groups in total. The van der Waals surface area contributed by atoms with E-state index in [4.69, 9.17) is 5.11 Å². The normalized spacial score (nSPS) is 10.1. The van der Waals surface area contributed by atoms with Crippen LogP contribution >= 0.6 is 0 Å². The van der Waals surface area contributed by atoms with Crippen LogP contribution in [0.3, 0.4) is 0 Å². The van der Waals surface area contributed by atoms with Crippen molar-refractivity contribution >= 4 is 5.82 Å². The average molecular weight is 267 g/mol. The topological polar surface area (TPSA) is 68.9 Å². The minimum atomic E-state index is 0.0269. The second-order valence-electron chi connectivity index (χ2n) is 4.75. The molecule has 1 heterocycles. The summed E-state index contributed by atoms with van der Waals surface area (Å²) in [6, 6.07) is 11.8. The second-order valence-corrected chi connectivity index (χ2v) is 4.75. The molecule has 0 bridgehead atoms. The Hall–Kier alpha value is -2.38. The fraction of sp³-hybridized carbons (Fsp3) is 0.250. The first-order valence-corrected chi connectivity index (χ1v) is 6.45. The summed E-state index contributed by atoms with van der Waals surface area (Å²) >= 11 is 0. The summed E-state index contributed by atoms with van der Waals surface area (Å²) in [7, 11) is 0. The Morgan fingerprint density at radius 1 is 1.25 bits per heavy atom. The molecule has 0 aliphatic rings. The Morgan fingerprint density at radius 3 is 2.70 bits per heavy atom. The number of anilines is 1. The number of hydrogen-bond donors (Lipinski definition) is 2. The quantitative estimate of drug-likeness (QED) is 0.893. The van der Waals surface area contributed by atoms with Gasteiger partial charge in [-0.3, -0.25) is 0 Å². The maximum atomic E-state index is 9.21. The monoisotopic (exact) mass is 267 g/mol. The maximum Gasteiger partial charge on any atom is 0.144 e. The largest absolute Gasteiger partial charge is 0.392 e. The minimum Gasteiger partial charge on any atom is -0.392 e. The van der Waals surface area contributed by atoms with Crippen LogP contribution < -0.4 is 5.32 Å². The Bertz CT molecular complexity index is 659. The van der Waals surface area contributed by atoms with E-state index in [1.54, 1.807) is 0 Å². The summed E-state index contributed by atoms with van der Waals surface area (Å²) in [6.45, 7) is 4.41. The zero-order valence-corrected chi connectivity index (χ0v) is 11.6. The third-order valence-corrected chi connectivity index (χ3v) is 3.09. The fourth-order valence-corrected chi connectivity index (χ4v) is 2.13. The summed E-state index contributed by atoms with van der Waals surface area (Å²) in [6.07, 6.45) is 0. The Balaban J connectivity index is 2.20. The molecule has 2 aromatic rings. The molecule has 0 saturated carbocycles. The molecule has 4 nitrogen and oxygen atoms in total. The van der Waals surface area contributed by atoms with Crippen LogP contribution in [-0.2, 0) is 13.2 Å². The highest BCUT2D eigenvalue weighted by Gasteiger charge is 2.08. The molecule has 1 aromatic carbocycles. The van der Waals surface area contributed by atoms with Crippen LogP contribution in [0.2, 0.25) is 0 Å². The molecule has 0 aliphatic heterocycles. The minimum absolute atomic E-state index is 0.0269. The number of pyridine rings is 1. The van der Waals surface area contributed by atoms with Crippen LogP contribution in [0.15, 0.2) is 30.3 Å². The molecule has 2 rings (SSSR count). The van der Waals surface area contributed by atoms with Gasteiger partial charge in [0.25, 0.3) is 0 Å². The summed E-state index contributed by atoms with van der Waals surface area (Å²) in [5.74, 6) is 0.611. The molecule has 1 aromatic heterocycles. The zero-order valence-electron chi connectivity index (χ0n) is 11.6. The smallest absolute Gasteiger partial charge is 0.144 e. The van der Waals surface area contributed by atoms with Crippen molar-refractivity contribution in [1.29, 1.82) is 5.26 Å². The summed E-state index contributed by atoms with van der Waals surface area (Å²) in [5, 5.41) is 21.5. The molecular weight excluding hydrogens is 250 g/mol. The molecule has 0 unspecified atom stereocenters. The van der Waals surface area contributed by atoms with Crippen molar-refractivity contribution in [2.24, 2.45) is 0 Å². The second kappa shape index (κ2) is 6.18. The number of nitrogens with zero attached hydrogens (tertiary/aromatic N) is 2. The van der Waals surface area contributed by atoms with Crippen LogP contribution in [-0.4, -0.2) is 10.1 Å². The number of aliphatic hydroxyl groups is 1. The van der Waals surface area contributed by atoms with Gasteiger partial charge < -0.3 is 10.4 Å². The van der Waals surface area contributed by atoms with Gasteiger partial charge in [-0.25, -0.2) is 4.98 Å². The Morgan fingerprint density at radius 2 is 2.00 bits per heavy atom. The van der Waals surface area contributed by atoms with E-state index in [9.17, 15) is 5.26 Å². The Labute approximate surface area is 118 Å². The first kappa shape index (κ1) is 14.0. The fourth-order valence-electron chi connectivity index (χ4n) is 2.13. The van der Waals surface area contributed by atoms with Gasteiger partial charge in [0.1, 0.15) is 11.9 Å². The van der Waals surface area contributed by atoms with Gasteiger partial charge in [-0.2, -0.15) is 5.26 Å². The van der Waals surface area contributed by atoms with Crippen molar-refractivity contribution < 1.29 is 5.11 Å². The maximum absolute atomic E-state index is 9.21. The van der Waals surface area contributed by atoms with E-state index in [1.165, 1.54) is 0 Å². The number of aromatic nitrogens is 1. The number of nitriles is 1. The molecule has 0 amide bonds. The first-order valence-electron chi connectivity index (χ1n) is 6.45. The van der Waals surface area contributed by atoms with Crippen molar-refractivity contribution in [3.05, 3.63) is 58.3 Å². The van der Waals surface area contributed by atoms with Gasteiger partial charge in [-0.15, -0.1) is 0 Å². The van der Waals surface area contributed by atoms with Gasteiger partial charge in [-0.1, -0.05) is 24.3 Å². The third-order valence-electron chi connectivity index (χ3n) is 3.09. The van der Waals surface area contributed by atoms with Crippen LogP contribution in [0.25, 0.3) is 0 Å². The number of benzene rings is 1. The third kappa shape index (κ3) is 3.14. The van der Waals surface area contributed by atoms with E-state index >= 15 is 0 Å². The van der Waals surface area contributed by atoms with Crippen LogP contribution in [0.4, 0.5) is 5.82 Å². The van der Waals surface area contributed by atoms with Gasteiger partial charge in [0.15, 0.2) is 0 Å². The van der Waals surface area contributed by atoms with Gasteiger partial charge in [0.05, 0.1) is 12.2 Å². The summed E-state index contributed by atoms with van der Waals surface area (Å²) in [4.78, 5) is 4.38. The SMILES string of the molecule is Cc1cc(C)c(C#N)c(NCc2cccc(CO)c2)n1. The predicted molar refractivity (Wildman–Crippen MR) is 78.1 cm³/mol. The predicted octanol–water partition coefficient (Wildman–Crippen LogP) is 2.67. The zero-order chi connectivity index (χ0) is 14.5. The van der Waals surface area contributed by atoms with E-state index < -0.39 is 0 Å². The van der Waals surface area contributed by atoms with Crippen LogP contribution in [0.1, 0.15) is 27.9 Å². The number of rotatable bonds is 4.